The van der Waals surface area contributed by atoms with Crippen LogP contribution in [0.2, 0.25) is 0 Å². The quantitative estimate of drug-likeness (QED) is 0.156. The highest BCUT2D eigenvalue weighted by molar-refractivity contribution is 6.30. The zero-order chi connectivity index (χ0) is 44.5. The normalized spacial score (nSPS) is 12.1. The minimum atomic E-state index is 1.14. The molecule has 0 aliphatic carbocycles. The predicted molar refractivity (Wildman–Crippen MR) is 291 cm³/mol. The molecule has 0 amide bonds. The summed E-state index contributed by atoms with van der Waals surface area (Å²) in [5, 5.41) is 20.3. The standard InChI is InChI=1S/C66H40N2/c1-2-16-44(17-3-1)67-62-28-14-12-25-54(62)59-36-41(31-34-64(59)67)42-32-35-65-60(37-42)55-26-13-15-29-63(55)68(65)45-39-57(66-56-27-11-10-22-50(56)49-21-7-9-24-52(49)61(66)40-45)43-30-33-53-48-20-5-4-18-46(48)47-19-6-8-23-51(47)58(53)38-43/h1-40H. The van der Waals surface area contributed by atoms with Crippen molar-refractivity contribution in [3.05, 3.63) is 243 Å². The zero-order valence-corrected chi connectivity index (χ0v) is 37.0. The summed E-state index contributed by atoms with van der Waals surface area (Å²) in [4.78, 5) is 0. The number of benzene rings is 13. The van der Waals surface area contributed by atoms with E-state index in [0.717, 1.165) is 5.69 Å². The van der Waals surface area contributed by atoms with Gasteiger partial charge in [0.05, 0.1) is 22.1 Å². The minimum absolute atomic E-state index is 1.14. The van der Waals surface area contributed by atoms with Crippen LogP contribution >= 0.6 is 0 Å². The van der Waals surface area contributed by atoms with Crippen molar-refractivity contribution in [2.75, 3.05) is 0 Å². The average Bonchev–Trinajstić information content (AvgIpc) is 3.93. The van der Waals surface area contributed by atoms with Crippen LogP contribution in [0.1, 0.15) is 0 Å². The molecule has 0 fully saturated rings. The first-order valence-electron chi connectivity index (χ1n) is 23.6. The third kappa shape index (κ3) is 5.28. The Balaban J connectivity index is 0.993. The molecule has 0 N–H and O–H groups in total. The van der Waals surface area contributed by atoms with Crippen LogP contribution in [-0.2, 0) is 0 Å². The van der Waals surface area contributed by atoms with Gasteiger partial charge in [0.15, 0.2) is 0 Å². The number of fused-ring (bicyclic) bond motifs is 18. The van der Waals surface area contributed by atoms with Crippen LogP contribution in [0.5, 0.6) is 0 Å². The highest BCUT2D eigenvalue weighted by atomic mass is 15.0. The third-order valence-corrected chi connectivity index (χ3v) is 14.8. The maximum atomic E-state index is 2.50. The molecule has 2 nitrogen and oxygen atoms in total. The largest absolute Gasteiger partial charge is 0.309 e. The molecule has 314 valence electrons. The molecule has 0 aliphatic heterocycles. The molecule has 2 aromatic heterocycles. The maximum absolute atomic E-state index is 2.50. The summed E-state index contributed by atoms with van der Waals surface area (Å²) in [6, 6.07) is 90.3. The Morgan fingerprint density at radius 1 is 0.191 bits per heavy atom. The first-order valence-corrected chi connectivity index (χ1v) is 23.6. The molecule has 0 saturated heterocycles. The van der Waals surface area contributed by atoms with Gasteiger partial charge in [-0.05, 0) is 154 Å². The van der Waals surface area contributed by atoms with E-state index < -0.39 is 0 Å². The van der Waals surface area contributed by atoms with Crippen LogP contribution in [0.15, 0.2) is 243 Å². The van der Waals surface area contributed by atoms with Gasteiger partial charge < -0.3 is 9.13 Å². The van der Waals surface area contributed by atoms with Gasteiger partial charge in [-0.25, -0.2) is 0 Å². The molecule has 0 unspecified atom stereocenters. The van der Waals surface area contributed by atoms with Crippen LogP contribution in [-0.4, -0.2) is 9.13 Å². The number of aromatic nitrogens is 2. The number of para-hydroxylation sites is 3. The highest BCUT2D eigenvalue weighted by Gasteiger charge is 2.21. The van der Waals surface area contributed by atoms with Gasteiger partial charge in [0.2, 0.25) is 0 Å². The van der Waals surface area contributed by atoms with Crippen LogP contribution in [0.3, 0.4) is 0 Å². The van der Waals surface area contributed by atoms with Crippen LogP contribution in [0, 0.1) is 0 Å². The van der Waals surface area contributed by atoms with Crippen LogP contribution in [0.25, 0.3) is 142 Å². The van der Waals surface area contributed by atoms with Gasteiger partial charge in [-0.1, -0.05) is 176 Å². The lowest BCUT2D eigenvalue weighted by Gasteiger charge is -2.19. The van der Waals surface area contributed by atoms with E-state index in [1.165, 1.54) is 136 Å². The average molecular weight is 861 g/mol. The maximum Gasteiger partial charge on any atom is 0.0541 e. The Bertz CT molecular complexity index is 4570. The Labute approximate surface area is 391 Å². The van der Waals surface area contributed by atoms with Gasteiger partial charge in [-0.2, -0.15) is 0 Å². The Morgan fingerprint density at radius 2 is 0.559 bits per heavy atom. The summed E-state index contributed by atoms with van der Waals surface area (Å²) in [5.41, 5.74) is 11.9. The van der Waals surface area contributed by atoms with E-state index in [-0.39, 0.29) is 0 Å². The number of rotatable bonds is 4. The van der Waals surface area contributed by atoms with Gasteiger partial charge >= 0.3 is 0 Å². The van der Waals surface area contributed by atoms with Crippen molar-refractivity contribution in [3.8, 4) is 33.6 Å². The lowest BCUT2D eigenvalue weighted by atomic mass is 9.87. The fourth-order valence-electron chi connectivity index (χ4n) is 11.9. The fourth-order valence-corrected chi connectivity index (χ4v) is 11.9. The van der Waals surface area contributed by atoms with Crippen molar-refractivity contribution in [1.29, 1.82) is 0 Å². The van der Waals surface area contributed by atoms with E-state index >= 15 is 0 Å². The lowest BCUT2D eigenvalue weighted by Crippen LogP contribution is -1.97. The summed E-state index contributed by atoms with van der Waals surface area (Å²) in [6.07, 6.45) is 0. The second-order valence-electron chi connectivity index (χ2n) is 18.4. The predicted octanol–water partition coefficient (Wildman–Crippen LogP) is 18.1. The van der Waals surface area contributed by atoms with Crippen LogP contribution in [0.4, 0.5) is 0 Å². The first-order chi connectivity index (χ1) is 33.7. The van der Waals surface area contributed by atoms with E-state index in [1.54, 1.807) is 0 Å². The summed E-state index contributed by atoms with van der Waals surface area (Å²) < 4.78 is 4.89. The van der Waals surface area contributed by atoms with Crippen molar-refractivity contribution >= 4 is 108 Å². The van der Waals surface area contributed by atoms with E-state index in [9.17, 15) is 0 Å². The minimum Gasteiger partial charge on any atom is -0.309 e. The second kappa shape index (κ2) is 14.3. The van der Waals surface area contributed by atoms with Gasteiger partial charge in [-0.3, -0.25) is 0 Å². The molecule has 15 aromatic rings. The van der Waals surface area contributed by atoms with Crippen molar-refractivity contribution in [2.24, 2.45) is 0 Å². The lowest BCUT2D eigenvalue weighted by molar-refractivity contribution is 1.18. The van der Waals surface area contributed by atoms with E-state index in [0.29, 0.717) is 0 Å². The smallest absolute Gasteiger partial charge is 0.0541 e. The summed E-state index contributed by atoms with van der Waals surface area (Å²) >= 11 is 0. The summed E-state index contributed by atoms with van der Waals surface area (Å²) in [7, 11) is 0. The molecule has 0 radical (unpaired) electrons. The summed E-state index contributed by atoms with van der Waals surface area (Å²) in [5.74, 6) is 0. The number of hydrogen-bond donors (Lipinski definition) is 0. The molecule has 0 atom stereocenters. The van der Waals surface area contributed by atoms with Gasteiger partial charge in [-0.15, -0.1) is 0 Å². The second-order valence-corrected chi connectivity index (χ2v) is 18.4. The molecule has 68 heavy (non-hydrogen) atoms. The van der Waals surface area contributed by atoms with Crippen molar-refractivity contribution in [2.45, 2.75) is 0 Å². The Hall–Kier alpha value is -8.98. The van der Waals surface area contributed by atoms with Gasteiger partial charge in [0, 0.05) is 32.9 Å². The molecule has 0 aliphatic rings. The van der Waals surface area contributed by atoms with Crippen LogP contribution < -0.4 is 0 Å². The zero-order valence-electron chi connectivity index (χ0n) is 37.0. The van der Waals surface area contributed by atoms with Gasteiger partial charge in [0.1, 0.15) is 0 Å². The Morgan fingerprint density at radius 3 is 1.10 bits per heavy atom. The molecule has 0 bridgehead atoms. The van der Waals surface area contributed by atoms with Gasteiger partial charge in [0.25, 0.3) is 0 Å². The fraction of sp³-hybridized carbons (Fsp3) is 0. The molecule has 15 rings (SSSR count). The topological polar surface area (TPSA) is 9.86 Å². The third-order valence-electron chi connectivity index (χ3n) is 14.8. The molecule has 0 saturated carbocycles. The molecule has 2 heteroatoms. The monoisotopic (exact) mass is 860 g/mol. The summed E-state index contributed by atoms with van der Waals surface area (Å²) in [6.45, 7) is 0. The van der Waals surface area contributed by atoms with E-state index in [4.69, 9.17) is 0 Å². The number of hydrogen-bond acceptors (Lipinski definition) is 0. The Kier molecular flexibility index (Phi) is 7.81. The first kappa shape index (κ1) is 37.3. The number of nitrogens with zero attached hydrogens (tertiary/aromatic N) is 2. The van der Waals surface area contributed by atoms with Crippen molar-refractivity contribution in [1.82, 2.24) is 9.13 Å². The van der Waals surface area contributed by atoms with Crippen molar-refractivity contribution in [3.63, 3.8) is 0 Å². The molecule has 2 heterocycles. The highest BCUT2D eigenvalue weighted by Crippen LogP contribution is 2.46. The van der Waals surface area contributed by atoms with E-state index in [2.05, 4.69) is 252 Å². The van der Waals surface area contributed by atoms with Crippen molar-refractivity contribution < 1.29 is 0 Å². The molecule has 0 spiro atoms. The SMILES string of the molecule is c1ccc(-n2c3ccccc3c3cc(-c4ccc5c(c4)c4ccccc4n5-c4cc(-c5ccc6c7ccccc7c7ccccc7c6c5)c5c6ccccc6c6ccccc6c5c4)ccc32)cc1. The molecular weight excluding hydrogens is 821 g/mol. The van der Waals surface area contributed by atoms with E-state index in [1.807, 2.05) is 0 Å². The molecular formula is C66H40N2. The molecule has 13 aromatic carbocycles.